The van der Waals surface area contributed by atoms with Gasteiger partial charge in [-0.25, -0.2) is 0 Å². The van der Waals surface area contributed by atoms with E-state index in [2.05, 4.69) is 22.0 Å². The molecule has 0 fully saturated rings. The molecule has 0 aliphatic heterocycles. The Morgan fingerprint density at radius 1 is 1.50 bits per heavy atom. The Labute approximate surface area is 79.9 Å². The molecular formula is C9H8BrNO. The molecule has 0 radical (unpaired) electrons. The summed E-state index contributed by atoms with van der Waals surface area (Å²) in [5.41, 5.74) is 0.863. The van der Waals surface area contributed by atoms with E-state index in [1.54, 1.807) is 0 Å². The Bertz CT molecular complexity index is 306. The molecule has 0 aliphatic rings. The lowest BCUT2D eigenvalue weighted by molar-refractivity contribution is 0.148. The fourth-order valence-corrected chi connectivity index (χ4v) is 1.43. The molecule has 0 aromatic heterocycles. The minimum Gasteiger partial charge on any atom is -0.362 e. The molecular weight excluding hydrogens is 218 g/mol. The number of hydrogen-bond donors (Lipinski definition) is 0. The summed E-state index contributed by atoms with van der Waals surface area (Å²) in [5, 5.41) is 8.71. The number of methoxy groups -OCH3 is 1. The zero-order valence-corrected chi connectivity index (χ0v) is 8.21. The van der Waals surface area contributed by atoms with Gasteiger partial charge < -0.3 is 4.74 Å². The topological polar surface area (TPSA) is 33.0 Å². The van der Waals surface area contributed by atoms with Crippen LogP contribution in [0.25, 0.3) is 0 Å². The molecule has 62 valence electrons. The van der Waals surface area contributed by atoms with Crippen molar-refractivity contribution in [1.29, 1.82) is 5.26 Å². The smallest absolute Gasteiger partial charge is 0.169 e. The first-order valence-corrected chi connectivity index (χ1v) is 4.25. The van der Waals surface area contributed by atoms with E-state index in [1.165, 1.54) is 7.11 Å². The van der Waals surface area contributed by atoms with Crippen molar-refractivity contribution in [3.63, 3.8) is 0 Å². The standard InChI is InChI=1S/C9H8BrNO/c1-12-9(6-11)7-4-2-3-5-8(7)10/h2-5,9H,1H3. The van der Waals surface area contributed by atoms with Crippen LogP contribution in [0, 0.1) is 11.3 Å². The van der Waals surface area contributed by atoms with Crippen molar-refractivity contribution in [2.45, 2.75) is 6.10 Å². The highest BCUT2D eigenvalue weighted by molar-refractivity contribution is 9.10. The van der Waals surface area contributed by atoms with Gasteiger partial charge in [-0.05, 0) is 6.07 Å². The van der Waals surface area contributed by atoms with Crippen LogP contribution in [0.15, 0.2) is 28.7 Å². The number of nitriles is 1. The Hall–Kier alpha value is -0.850. The van der Waals surface area contributed by atoms with E-state index in [-0.39, 0.29) is 0 Å². The van der Waals surface area contributed by atoms with E-state index in [9.17, 15) is 0 Å². The molecule has 0 heterocycles. The van der Waals surface area contributed by atoms with Crippen molar-refractivity contribution in [1.82, 2.24) is 0 Å². The average Bonchev–Trinajstić information content (AvgIpc) is 2.10. The average molecular weight is 226 g/mol. The number of rotatable bonds is 2. The SMILES string of the molecule is COC(C#N)c1ccccc1Br. The Kier molecular flexibility index (Phi) is 3.27. The summed E-state index contributed by atoms with van der Waals surface area (Å²) >= 11 is 3.35. The normalized spacial score (nSPS) is 12.1. The third-order valence-corrected chi connectivity index (χ3v) is 2.26. The lowest BCUT2D eigenvalue weighted by Crippen LogP contribution is -1.98. The Balaban J connectivity index is 3.02. The van der Waals surface area contributed by atoms with Gasteiger partial charge in [-0.2, -0.15) is 5.26 Å². The van der Waals surface area contributed by atoms with Crippen LogP contribution in [0.2, 0.25) is 0 Å². The van der Waals surface area contributed by atoms with Crippen LogP contribution in [-0.4, -0.2) is 7.11 Å². The fourth-order valence-electron chi connectivity index (χ4n) is 0.937. The Morgan fingerprint density at radius 2 is 2.17 bits per heavy atom. The first-order valence-electron chi connectivity index (χ1n) is 3.46. The zero-order chi connectivity index (χ0) is 8.97. The molecule has 12 heavy (non-hydrogen) atoms. The molecule has 1 rings (SSSR count). The minimum absolute atomic E-state index is 0.486. The van der Waals surface area contributed by atoms with E-state index < -0.39 is 6.10 Å². The van der Waals surface area contributed by atoms with Gasteiger partial charge in [-0.1, -0.05) is 34.1 Å². The monoisotopic (exact) mass is 225 g/mol. The molecule has 2 nitrogen and oxygen atoms in total. The summed E-state index contributed by atoms with van der Waals surface area (Å²) in [7, 11) is 1.52. The van der Waals surface area contributed by atoms with Crippen LogP contribution < -0.4 is 0 Å². The predicted octanol–water partition coefficient (Wildman–Crippen LogP) is 2.66. The van der Waals surface area contributed by atoms with Crippen molar-refractivity contribution in [2.24, 2.45) is 0 Å². The third-order valence-electron chi connectivity index (χ3n) is 1.54. The van der Waals surface area contributed by atoms with Crippen molar-refractivity contribution in [2.75, 3.05) is 7.11 Å². The molecule has 0 bridgehead atoms. The summed E-state index contributed by atoms with van der Waals surface area (Å²) in [6.45, 7) is 0. The van der Waals surface area contributed by atoms with Crippen LogP contribution in [-0.2, 0) is 4.74 Å². The summed E-state index contributed by atoms with van der Waals surface area (Å²) in [5.74, 6) is 0. The molecule has 1 aromatic carbocycles. The summed E-state index contributed by atoms with van der Waals surface area (Å²) in [4.78, 5) is 0. The van der Waals surface area contributed by atoms with E-state index in [4.69, 9.17) is 10.00 Å². The van der Waals surface area contributed by atoms with Crippen molar-refractivity contribution >= 4 is 15.9 Å². The molecule has 0 N–H and O–H groups in total. The van der Waals surface area contributed by atoms with Gasteiger partial charge in [0, 0.05) is 17.1 Å². The second-order valence-electron chi connectivity index (χ2n) is 2.27. The molecule has 0 saturated heterocycles. The van der Waals surface area contributed by atoms with Gasteiger partial charge in [-0.3, -0.25) is 0 Å². The van der Waals surface area contributed by atoms with Crippen molar-refractivity contribution < 1.29 is 4.74 Å². The highest BCUT2D eigenvalue weighted by Gasteiger charge is 2.10. The summed E-state index contributed by atoms with van der Waals surface area (Å²) in [6.07, 6.45) is -0.486. The molecule has 0 aliphatic carbocycles. The zero-order valence-electron chi connectivity index (χ0n) is 6.62. The second-order valence-corrected chi connectivity index (χ2v) is 3.12. The molecule has 1 atom stereocenters. The van der Waals surface area contributed by atoms with Crippen LogP contribution in [0.5, 0.6) is 0 Å². The maximum absolute atomic E-state index is 8.71. The maximum atomic E-state index is 8.71. The van der Waals surface area contributed by atoms with Crippen LogP contribution >= 0.6 is 15.9 Å². The second kappa shape index (κ2) is 4.24. The van der Waals surface area contributed by atoms with E-state index >= 15 is 0 Å². The van der Waals surface area contributed by atoms with Gasteiger partial charge >= 0.3 is 0 Å². The lowest BCUT2D eigenvalue weighted by atomic mass is 10.1. The van der Waals surface area contributed by atoms with Crippen molar-refractivity contribution in [3.05, 3.63) is 34.3 Å². The first-order chi connectivity index (χ1) is 5.79. The van der Waals surface area contributed by atoms with E-state index in [0.29, 0.717) is 0 Å². The highest BCUT2D eigenvalue weighted by Crippen LogP contribution is 2.24. The van der Waals surface area contributed by atoms with Gasteiger partial charge in [0.15, 0.2) is 6.10 Å². The Morgan fingerprint density at radius 3 is 2.67 bits per heavy atom. The molecule has 3 heteroatoms. The molecule has 0 spiro atoms. The summed E-state index contributed by atoms with van der Waals surface area (Å²) < 4.78 is 5.88. The lowest BCUT2D eigenvalue weighted by Gasteiger charge is -2.08. The van der Waals surface area contributed by atoms with E-state index in [0.717, 1.165) is 10.0 Å². The number of hydrogen-bond acceptors (Lipinski definition) is 2. The van der Waals surface area contributed by atoms with Crippen LogP contribution in [0.4, 0.5) is 0 Å². The van der Waals surface area contributed by atoms with Gasteiger partial charge in [0.05, 0.1) is 6.07 Å². The number of halogens is 1. The fraction of sp³-hybridized carbons (Fsp3) is 0.222. The third kappa shape index (κ3) is 1.84. The largest absolute Gasteiger partial charge is 0.362 e. The highest BCUT2D eigenvalue weighted by atomic mass is 79.9. The van der Waals surface area contributed by atoms with Gasteiger partial charge in [0.2, 0.25) is 0 Å². The van der Waals surface area contributed by atoms with Crippen LogP contribution in [0.1, 0.15) is 11.7 Å². The number of ether oxygens (including phenoxy) is 1. The molecule has 1 aromatic rings. The number of nitrogens with zero attached hydrogens (tertiary/aromatic N) is 1. The first kappa shape index (κ1) is 9.24. The summed E-state index contributed by atoms with van der Waals surface area (Å²) in [6, 6.07) is 9.59. The van der Waals surface area contributed by atoms with Gasteiger partial charge in [0.25, 0.3) is 0 Å². The molecule has 0 saturated carbocycles. The van der Waals surface area contributed by atoms with Gasteiger partial charge in [-0.15, -0.1) is 0 Å². The van der Waals surface area contributed by atoms with Crippen molar-refractivity contribution in [3.8, 4) is 6.07 Å². The molecule has 1 unspecified atom stereocenters. The predicted molar refractivity (Wildman–Crippen MR) is 49.5 cm³/mol. The van der Waals surface area contributed by atoms with Gasteiger partial charge in [0.1, 0.15) is 0 Å². The van der Waals surface area contributed by atoms with E-state index in [1.807, 2.05) is 24.3 Å². The molecule has 0 amide bonds. The quantitative estimate of drug-likeness (QED) is 0.776. The minimum atomic E-state index is -0.486. The number of benzene rings is 1. The maximum Gasteiger partial charge on any atom is 0.169 e. The van der Waals surface area contributed by atoms with Crippen LogP contribution in [0.3, 0.4) is 0 Å².